The van der Waals surface area contributed by atoms with Crippen LogP contribution < -0.4 is 4.74 Å². The molecule has 1 aromatic rings. The number of ether oxygens (including phenoxy) is 2. The first-order valence-corrected chi connectivity index (χ1v) is 11.7. The third-order valence-corrected chi connectivity index (χ3v) is 7.73. The number of amides is 2. The van der Waals surface area contributed by atoms with Gasteiger partial charge in [-0.25, -0.2) is 4.79 Å². The molecule has 1 aliphatic heterocycles. The summed E-state index contributed by atoms with van der Waals surface area (Å²) in [6, 6.07) is 5.52. The minimum absolute atomic E-state index is 0.0614. The average molecular weight is 452 g/mol. The molecule has 3 fully saturated rings. The number of nitrogens with zero attached hydrogens (tertiary/aromatic N) is 1. The smallest absolute Gasteiger partial charge is 0.329 e. The van der Waals surface area contributed by atoms with E-state index in [-0.39, 0.29) is 47.2 Å². The van der Waals surface area contributed by atoms with Crippen LogP contribution in [0.5, 0.6) is 5.75 Å². The summed E-state index contributed by atoms with van der Waals surface area (Å²) in [6.45, 7) is 3.42. The molecule has 2 bridgehead atoms. The molecule has 7 atom stereocenters. The van der Waals surface area contributed by atoms with E-state index in [0.29, 0.717) is 29.6 Å². The number of allylic oxidation sites excluding steroid dienone is 2. The Balaban J connectivity index is 1.31. The molecule has 6 rings (SSSR count). The van der Waals surface area contributed by atoms with E-state index in [1.165, 1.54) is 12.0 Å². The lowest BCUT2D eigenvalue weighted by molar-refractivity contribution is -0.159. The highest BCUT2D eigenvalue weighted by Crippen LogP contribution is 2.65. The number of likely N-dealkylation sites (tertiary alicyclic amines) is 1. The van der Waals surface area contributed by atoms with Crippen LogP contribution in [0.1, 0.15) is 37.0 Å². The second-order valence-electron chi connectivity index (χ2n) is 10.1. The summed E-state index contributed by atoms with van der Waals surface area (Å²) in [4.78, 5) is 53.7. The van der Waals surface area contributed by atoms with E-state index in [1.807, 2.05) is 13.8 Å². The van der Waals surface area contributed by atoms with Crippen LogP contribution >= 0.6 is 0 Å². The lowest BCUT2D eigenvalue weighted by Crippen LogP contribution is -2.47. The molecule has 5 aliphatic rings. The van der Waals surface area contributed by atoms with Gasteiger partial charge in [-0.15, -0.1) is 0 Å². The zero-order chi connectivity index (χ0) is 23.4. The number of benzene rings is 1. The van der Waals surface area contributed by atoms with Crippen LogP contribution in [0.4, 0.5) is 0 Å². The first-order chi connectivity index (χ1) is 15.8. The fourth-order valence-corrected chi connectivity index (χ4v) is 6.13. The maximum Gasteiger partial charge on any atom is 0.329 e. The minimum Gasteiger partial charge on any atom is -0.497 e. The van der Waals surface area contributed by atoms with Gasteiger partial charge in [0.05, 0.1) is 18.9 Å². The second kappa shape index (κ2) is 8.12. The largest absolute Gasteiger partial charge is 0.497 e. The molecule has 0 N–H and O–H groups in total. The molecular weight excluding hydrogens is 422 g/mol. The van der Waals surface area contributed by atoms with Crippen molar-refractivity contribution >= 4 is 23.6 Å². The normalized spacial score (nSPS) is 31.9. The SMILES string of the molecule is COc1ccc(C(=O)COC(=O)[C@H](CC(C)C)N2C(=O)[C@@H]3[C@H]4C=C[C@@H]([C@@H]5C[C@H]45)[C@@H]3C2=O)cc1. The molecule has 7 nitrogen and oxygen atoms in total. The Hall–Kier alpha value is -2.96. The number of carbonyl (C=O) groups excluding carboxylic acids is 4. The second-order valence-corrected chi connectivity index (χ2v) is 10.1. The molecule has 0 spiro atoms. The molecule has 174 valence electrons. The molecule has 1 saturated heterocycles. The van der Waals surface area contributed by atoms with Gasteiger partial charge in [0.25, 0.3) is 0 Å². The summed E-state index contributed by atoms with van der Waals surface area (Å²) in [7, 11) is 1.54. The van der Waals surface area contributed by atoms with Gasteiger partial charge < -0.3 is 9.47 Å². The van der Waals surface area contributed by atoms with Gasteiger partial charge in [0.1, 0.15) is 11.8 Å². The average Bonchev–Trinajstić information content (AvgIpc) is 3.59. The van der Waals surface area contributed by atoms with Crippen LogP contribution in [0.15, 0.2) is 36.4 Å². The van der Waals surface area contributed by atoms with Gasteiger partial charge >= 0.3 is 5.97 Å². The Morgan fingerprint density at radius 3 is 2.09 bits per heavy atom. The predicted molar refractivity (Wildman–Crippen MR) is 118 cm³/mol. The van der Waals surface area contributed by atoms with E-state index in [9.17, 15) is 19.2 Å². The highest BCUT2D eigenvalue weighted by Gasteiger charge is 2.68. The fraction of sp³-hybridized carbons (Fsp3) is 0.538. The summed E-state index contributed by atoms with van der Waals surface area (Å²) in [5, 5.41) is 0. The zero-order valence-corrected chi connectivity index (χ0v) is 19.1. The molecule has 2 saturated carbocycles. The molecule has 0 aromatic heterocycles. The van der Waals surface area contributed by atoms with Gasteiger partial charge in [0.2, 0.25) is 11.8 Å². The molecular formula is C26H29NO6. The Bertz CT molecular complexity index is 992. The Morgan fingerprint density at radius 2 is 1.58 bits per heavy atom. The number of hydrogen-bond acceptors (Lipinski definition) is 6. The summed E-state index contributed by atoms with van der Waals surface area (Å²) < 4.78 is 10.4. The van der Waals surface area contributed by atoms with Gasteiger partial charge in [0, 0.05) is 5.56 Å². The van der Waals surface area contributed by atoms with E-state index in [0.717, 1.165) is 6.42 Å². The van der Waals surface area contributed by atoms with Crippen LogP contribution in [-0.4, -0.2) is 48.2 Å². The van der Waals surface area contributed by atoms with Gasteiger partial charge in [-0.05, 0) is 66.7 Å². The summed E-state index contributed by atoms with van der Waals surface area (Å²) in [5.74, 6) is -0.415. The van der Waals surface area contributed by atoms with Crippen molar-refractivity contribution in [2.45, 2.75) is 32.7 Å². The Kier molecular flexibility index (Phi) is 5.38. The standard InChI is InChI=1S/C26H29NO6/c1-13(2)10-20(26(31)33-12-21(28)14-4-6-15(32-3)7-5-14)27-24(29)22-16-8-9-17(19-11-18(16)19)23(22)25(27)30/h4-9,13,16-20,22-23H,10-12H2,1-3H3/t16-,17-,18-,19+,20-,22-,23+/m0/s1. The topological polar surface area (TPSA) is 90.0 Å². The van der Waals surface area contributed by atoms with Crippen molar-refractivity contribution in [3.05, 3.63) is 42.0 Å². The summed E-state index contributed by atoms with van der Waals surface area (Å²) in [5.41, 5.74) is 0.394. The van der Waals surface area contributed by atoms with Gasteiger partial charge in [-0.1, -0.05) is 26.0 Å². The predicted octanol–water partition coefficient (Wildman–Crippen LogP) is 2.89. The summed E-state index contributed by atoms with van der Waals surface area (Å²) in [6.07, 6.45) is 5.61. The Morgan fingerprint density at radius 1 is 1.00 bits per heavy atom. The van der Waals surface area contributed by atoms with Crippen LogP contribution in [0, 0.1) is 41.4 Å². The van der Waals surface area contributed by atoms with Crippen molar-refractivity contribution in [1.82, 2.24) is 4.90 Å². The third-order valence-electron chi connectivity index (χ3n) is 7.73. The minimum atomic E-state index is -1.00. The highest BCUT2D eigenvalue weighted by atomic mass is 16.5. The number of imide groups is 1. The maximum absolute atomic E-state index is 13.4. The first-order valence-electron chi connectivity index (χ1n) is 11.7. The van der Waals surface area contributed by atoms with E-state index in [2.05, 4.69) is 12.2 Å². The van der Waals surface area contributed by atoms with Crippen LogP contribution in [0.3, 0.4) is 0 Å². The fourth-order valence-electron chi connectivity index (χ4n) is 6.13. The summed E-state index contributed by atoms with van der Waals surface area (Å²) >= 11 is 0. The quantitative estimate of drug-likeness (QED) is 0.261. The third kappa shape index (κ3) is 3.58. The lowest BCUT2D eigenvalue weighted by atomic mass is 9.63. The molecule has 2 amide bonds. The molecule has 33 heavy (non-hydrogen) atoms. The van der Waals surface area contributed by atoms with Crippen LogP contribution in [0.25, 0.3) is 0 Å². The number of carbonyl (C=O) groups is 4. The number of esters is 1. The lowest BCUT2D eigenvalue weighted by Gasteiger charge is -2.37. The first kappa shape index (κ1) is 21.9. The van der Waals surface area contributed by atoms with E-state index >= 15 is 0 Å². The number of Topliss-reactive ketones (excluding diaryl/α,β-unsaturated/α-hetero) is 1. The number of ketones is 1. The van der Waals surface area contributed by atoms with E-state index < -0.39 is 18.6 Å². The maximum atomic E-state index is 13.4. The van der Waals surface area contributed by atoms with Gasteiger partial charge in [-0.3, -0.25) is 19.3 Å². The number of hydrogen-bond donors (Lipinski definition) is 0. The number of rotatable bonds is 8. The molecule has 0 unspecified atom stereocenters. The van der Waals surface area contributed by atoms with Crippen molar-refractivity contribution in [3.63, 3.8) is 0 Å². The van der Waals surface area contributed by atoms with Crippen molar-refractivity contribution in [3.8, 4) is 5.75 Å². The van der Waals surface area contributed by atoms with Crippen LogP contribution in [-0.2, 0) is 19.1 Å². The van der Waals surface area contributed by atoms with Gasteiger partial charge in [-0.2, -0.15) is 0 Å². The molecule has 1 heterocycles. The van der Waals surface area contributed by atoms with Crippen molar-refractivity contribution in [1.29, 1.82) is 0 Å². The highest BCUT2D eigenvalue weighted by molar-refractivity contribution is 6.09. The molecule has 0 radical (unpaired) electrons. The Labute approximate surface area is 193 Å². The molecule has 4 aliphatic carbocycles. The number of methoxy groups -OCH3 is 1. The monoisotopic (exact) mass is 451 g/mol. The van der Waals surface area contributed by atoms with Gasteiger partial charge in [0.15, 0.2) is 12.4 Å². The van der Waals surface area contributed by atoms with E-state index in [1.54, 1.807) is 24.3 Å². The van der Waals surface area contributed by atoms with Crippen molar-refractivity contribution < 1.29 is 28.7 Å². The van der Waals surface area contributed by atoms with Crippen LogP contribution in [0.2, 0.25) is 0 Å². The molecule has 7 heteroatoms. The van der Waals surface area contributed by atoms with E-state index in [4.69, 9.17) is 9.47 Å². The molecule has 1 aromatic carbocycles. The zero-order valence-electron chi connectivity index (χ0n) is 19.1. The van der Waals surface area contributed by atoms with Crippen molar-refractivity contribution in [2.75, 3.05) is 13.7 Å². The van der Waals surface area contributed by atoms with Crippen molar-refractivity contribution in [2.24, 2.45) is 41.4 Å².